The first-order chi connectivity index (χ1) is 11.8. The molecule has 0 atom stereocenters. The molecule has 3 rings (SSSR count). The van der Waals surface area contributed by atoms with E-state index in [2.05, 4.69) is 32.2 Å². The van der Waals surface area contributed by atoms with Crippen molar-refractivity contribution in [3.05, 3.63) is 35.3 Å². The molecule has 6 nitrogen and oxygen atoms in total. The van der Waals surface area contributed by atoms with Gasteiger partial charge in [0.15, 0.2) is 0 Å². The van der Waals surface area contributed by atoms with Crippen LogP contribution in [0.2, 0.25) is 0 Å². The maximum absolute atomic E-state index is 12.0. The number of carbonyl (C=O) groups is 1. The quantitative estimate of drug-likeness (QED) is 0.774. The van der Waals surface area contributed by atoms with Crippen molar-refractivity contribution < 1.29 is 9.63 Å². The van der Waals surface area contributed by atoms with Gasteiger partial charge in [0.05, 0.1) is 17.7 Å². The lowest BCUT2D eigenvalue weighted by molar-refractivity contribution is -0.205. The van der Waals surface area contributed by atoms with Gasteiger partial charge in [0, 0.05) is 47.3 Å². The van der Waals surface area contributed by atoms with E-state index in [0.717, 1.165) is 41.5 Å². The second kappa shape index (κ2) is 7.25. The Morgan fingerprint density at radius 2 is 1.92 bits per heavy atom. The molecule has 0 spiro atoms. The van der Waals surface area contributed by atoms with Crippen LogP contribution in [0.5, 0.6) is 0 Å². The van der Waals surface area contributed by atoms with Crippen molar-refractivity contribution in [1.82, 2.24) is 19.8 Å². The number of hydroxylamine groups is 2. The monoisotopic (exact) mass is 406 g/mol. The Hall–Kier alpha value is -1.73. The van der Waals surface area contributed by atoms with Crippen LogP contribution in [0.3, 0.4) is 0 Å². The normalized spacial score (nSPS) is 16.8. The molecule has 1 saturated heterocycles. The van der Waals surface area contributed by atoms with E-state index in [1.165, 1.54) is 0 Å². The predicted octanol–water partition coefficient (Wildman–Crippen LogP) is 3.85. The van der Waals surface area contributed by atoms with Gasteiger partial charge in [-0.05, 0) is 55.6 Å². The standard InChI is InChI=1S/C18H23BrN4O2/c1-18(2,3)17(24)25-22-6-4-16(5-7-22)23-12-14(10-21-23)13-8-15(19)11-20-9-13/h8-12,16H,4-7H2,1-3H3. The molecule has 0 N–H and O–H groups in total. The van der Waals surface area contributed by atoms with E-state index in [1.807, 2.05) is 43.9 Å². The highest BCUT2D eigenvalue weighted by atomic mass is 79.9. The summed E-state index contributed by atoms with van der Waals surface area (Å²) in [5, 5.41) is 6.29. The summed E-state index contributed by atoms with van der Waals surface area (Å²) in [7, 11) is 0. The molecule has 0 aromatic carbocycles. The van der Waals surface area contributed by atoms with Gasteiger partial charge in [-0.2, -0.15) is 5.10 Å². The first-order valence-corrected chi connectivity index (χ1v) is 9.24. The van der Waals surface area contributed by atoms with Crippen molar-refractivity contribution in [3.8, 4) is 11.1 Å². The Morgan fingerprint density at radius 1 is 1.20 bits per heavy atom. The Balaban J connectivity index is 1.60. The van der Waals surface area contributed by atoms with Crippen molar-refractivity contribution in [1.29, 1.82) is 0 Å². The number of halogens is 1. The van der Waals surface area contributed by atoms with E-state index in [4.69, 9.17) is 4.84 Å². The van der Waals surface area contributed by atoms with Crippen molar-refractivity contribution in [2.45, 2.75) is 39.7 Å². The van der Waals surface area contributed by atoms with Crippen molar-refractivity contribution in [2.24, 2.45) is 5.41 Å². The summed E-state index contributed by atoms with van der Waals surface area (Å²) in [4.78, 5) is 21.7. The van der Waals surface area contributed by atoms with Crippen LogP contribution in [0.25, 0.3) is 11.1 Å². The lowest BCUT2D eigenvalue weighted by atomic mass is 9.98. The molecule has 2 aromatic heterocycles. The molecule has 0 radical (unpaired) electrons. The molecule has 3 heterocycles. The molecule has 134 valence electrons. The lowest BCUT2D eigenvalue weighted by Gasteiger charge is -2.32. The Bertz CT molecular complexity index is 746. The van der Waals surface area contributed by atoms with Gasteiger partial charge in [-0.3, -0.25) is 9.67 Å². The SMILES string of the molecule is CC(C)(C)C(=O)ON1CCC(n2cc(-c3cncc(Br)c3)cn2)CC1. The number of carbonyl (C=O) groups excluding carboxylic acids is 1. The largest absolute Gasteiger partial charge is 0.367 e. The molecule has 1 fully saturated rings. The van der Waals surface area contributed by atoms with E-state index in [9.17, 15) is 4.79 Å². The summed E-state index contributed by atoms with van der Waals surface area (Å²) in [6, 6.07) is 2.35. The van der Waals surface area contributed by atoms with Crippen LogP contribution in [-0.4, -0.2) is 38.9 Å². The van der Waals surface area contributed by atoms with Crippen LogP contribution in [0.1, 0.15) is 39.7 Å². The molecule has 0 bridgehead atoms. The number of nitrogens with zero attached hydrogens (tertiary/aromatic N) is 4. The average molecular weight is 407 g/mol. The van der Waals surface area contributed by atoms with Crippen LogP contribution < -0.4 is 0 Å². The number of hydrogen-bond donors (Lipinski definition) is 0. The molecule has 1 aliphatic heterocycles. The first kappa shape index (κ1) is 18.1. The van der Waals surface area contributed by atoms with E-state index < -0.39 is 5.41 Å². The van der Waals surface area contributed by atoms with Gasteiger partial charge in [-0.1, -0.05) is 0 Å². The topological polar surface area (TPSA) is 60.2 Å². The average Bonchev–Trinajstić information content (AvgIpc) is 3.05. The molecule has 7 heteroatoms. The molecule has 0 amide bonds. The fourth-order valence-corrected chi connectivity index (χ4v) is 3.07. The van der Waals surface area contributed by atoms with Crippen molar-refractivity contribution >= 4 is 21.9 Å². The summed E-state index contributed by atoms with van der Waals surface area (Å²) in [6.45, 7) is 7.04. The van der Waals surface area contributed by atoms with Gasteiger partial charge in [0.25, 0.3) is 0 Å². The molecule has 2 aromatic rings. The third-order valence-corrected chi connectivity index (χ3v) is 4.70. The molecule has 0 unspecified atom stereocenters. The van der Waals surface area contributed by atoms with Crippen molar-refractivity contribution in [2.75, 3.05) is 13.1 Å². The smallest absolute Gasteiger partial charge is 0.330 e. The Morgan fingerprint density at radius 3 is 2.56 bits per heavy atom. The summed E-state index contributed by atoms with van der Waals surface area (Å²) in [6.07, 6.45) is 9.33. The molecule has 1 aliphatic rings. The maximum atomic E-state index is 12.0. The zero-order valence-electron chi connectivity index (χ0n) is 14.8. The van der Waals surface area contributed by atoms with Crippen LogP contribution in [0.4, 0.5) is 0 Å². The molecular formula is C18H23BrN4O2. The minimum Gasteiger partial charge on any atom is -0.367 e. The summed E-state index contributed by atoms with van der Waals surface area (Å²) >= 11 is 3.45. The zero-order valence-corrected chi connectivity index (χ0v) is 16.4. The third kappa shape index (κ3) is 4.46. The van der Waals surface area contributed by atoms with E-state index >= 15 is 0 Å². The van der Waals surface area contributed by atoms with Crippen molar-refractivity contribution in [3.63, 3.8) is 0 Å². The van der Waals surface area contributed by atoms with Gasteiger partial charge in [0.2, 0.25) is 0 Å². The minimum atomic E-state index is -0.480. The number of pyridine rings is 1. The highest BCUT2D eigenvalue weighted by Gasteiger charge is 2.29. The molecular weight excluding hydrogens is 384 g/mol. The number of rotatable bonds is 3. The lowest BCUT2D eigenvalue weighted by Crippen LogP contribution is -2.39. The third-order valence-electron chi connectivity index (χ3n) is 4.26. The number of hydrogen-bond acceptors (Lipinski definition) is 5. The van der Waals surface area contributed by atoms with Crippen LogP contribution in [0.15, 0.2) is 35.3 Å². The minimum absolute atomic E-state index is 0.186. The van der Waals surface area contributed by atoms with Gasteiger partial charge < -0.3 is 4.84 Å². The second-order valence-electron chi connectivity index (χ2n) is 7.39. The predicted molar refractivity (Wildman–Crippen MR) is 98.5 cm³/mol. The van der Waals surface area contributed by atoms with E-state index in [-0.39, 0.29) is 5.97 Å². The Kier molecular flexibility index (Phi) is 5.24. The highest BCUT2D eigenvalue weighted by molar-refractivity contribution is 9.10. The number of piperidine rings is 1. The van der Waals surface area contributed by atoms with Gasteiger partial charge in [-0.15, -0.1) is 5.06 Å². The Labute approximate surface area is 156 Å². The first-order valence-electron chi connectivity index (χ1n) is 8.45. The molecule has 0 aliphatic carbocycles. The molecule has 0 saturated carbocycles. The van der Waals surface area contributed by atoms with Gasteiger partial charge in [-0.25, -0.2) is 4.79 Å². The van der Waals surface area contributed by atoms with E-state index in [0.29, 0.717) is 6.04 Å². The zero-order chi connectivity index (χ0) is 18.0. The second-order valence-corrected chi connectivity index (χ2v) is 8.31. The molecule has 25 heavy (non-hydrogen) atoms. The van der Waals surface area contributed by atoms with Crippen LogP contribution in [-0.2, 0) is 9.63 Å². The maximum Gasteiger partial charge on any atom is 0.330 e. The van der Waals surface area contributed by atoms with Gasteiger partial charge in [0.1, 0.15) is 0 Å². The fraction of sp³-hybridized carbons (Fsp3) is 0.500. The fourth-order valence-electron chi connectivity index (χ4n) is 2.71. The highest BCUT2D eigenvalue weighted by Crippen LogP contribution is 2.27. The van der Waals surface area contributed by atoms with Crippen LogP contribution in [0, 0.1) is 5.41 Å². The van der Waals surface area contributed by atoms with E-state index in [1.54, 1.807) is 11.3 Å². The summed E-state index contributed by atoms with van der Waals surface area (Å²) < 4.78 is 2.96. The summed E-state index contributed by atoms with van der Waals surface area (Å²) in [5.74, 6) is -0.186. The summed E-state index contributed by atoms with van der Waals surface area (Å²) in [5.41, 5.74) is 1.61. The number of aromatic nitrogens is 3. The van der Waals surface area contributed by atoms with Gasteiger partial charge >= 0.3 is 5.97 Å². The van der Waals surface area contributed by atoms with Crippen LogP contribution >= 0.6 is 15.9 Å².